The molecular weight excluding hydrogens is 194 g/mol. The molecule has 0 spiro atoms. The highest BCUT2D eigenvalue weighted by Crippen LogP contribution is 2.34. The zero-order valence-corrected chi connectivity index (χ0v) is 11.1. The van der Waals surface area contributed by atoms with Crippen LogP contribution in [0.1, 0.15) is 44.7 Å². The van der Waals surface area contributed by atoms with Crippen molar-refractivity contribution in [2.24, 2.45) is 0 Å². The molecule has 90 valence electrons. The summed E-state index contributed by atoms with van der Waals surface area (Å²) in [4.78, 5) is 0. The summed E-state index contributed by atoms with van der Waals surface area (Å²) in [7, 11) is 0. The number of hydrogen-bond donors (Lipinski definition) is 1. The Morgan fingerprint density at radius 1 is 1.06 bits per heavy atom. The maximum Gasteiger partial charge on any atom is -0.00405 e. The minimum absolute atomic E-state index is 0.399. The van der Waals surface area contributed by atoms with Crippen LogP contribution in [0, 0.1) is 6.92 Å². The second-order valence-corrected chi connectivity index (χ2v) is 4.63. The molecule has 0 bridgehead atoms. The zero-order valence-electron chi connectivity index (χ0n) is 11.1. The van der Waals surface area contributed by atoms with Crippen LogP contribution in [0.4, 0.5) is 0 Å². The second kappa shape index (κ2) is 6.05. The van der Waals surface area contributed by atoms with Gasteiger partial charge in [-0.3, -0.25) is 0 Å². The van der Waals surface area contributed by atoms with Crippen molar-refractivity contribution < 1.29 is 0 Å². The van der Waals surface area contributed by atoms with E-state index in [1.807, 2.05) is 13.8 Å². The molecule has 0 aromatic heterocycles. The van der Waals surface area contributed by atoms with Crippen LogP contribution in [0.5, 0.6) is 0 Å². The van der Waals surface area contributed by atoms with Gasteiger partial charge in [0.25, 0.3) is 0 Å². The molecule has 1 heteroatoms. The summed E-state index contributed by atoms with van der Waals surface area (Å²) in [5.41, 5.74) is 3.38. The van der Waals surface area contributed by atoms with Gasteiger partial charge in [-0.2, -0.15) is 0 Å². The summed E-state index contributed by atoms with van der Waals surface area (Å²) >= 11 is 0. The van der Waals surface area contributed by atoms with Crippen molar-refractivity contribution in [3.8, 4) is 0 Å². The van der Waals surface area contributed by atoms with Crippen molar-refractivity contribution in [2.45, 2.75) is 46.0 Å². The first-order valence-electron chi connectivity index (χ1n) is 6.49. The minimum atomic E-state index is 0.399. The molecule has 1 heterocycles. The van der Waals surface area contributed by atoms with Gasteiger partial charge < -0.3 is 5.32 Å². The third kappa shape index (κ3) is 2.85. The molecule has 0 unspecified atom stereocenters. The predicted octanol–water partition coefficient (Wildman–Crippen LogP) is 3.66. The van der Waals surface area contributed by atoms with Gasteiger partial charge in [0.1, 0.15) is 0 Å². The van der Waals surface area contributed by atoms with Gasteiger partial charge in [-0.1, -0.05) is 45.0 Å². The summed E-state index contributed by atoms with van der Waals surface area (Å²) < 4.78 is 0. The molecule has 0 radical (unpaired) electrons. The van der Waals surface area contributed by atoms with Gasteiger partial charge in [-0.15, -0.1) is 0 Å². The van der Waals surface area contributed by atoms with E-state index >= 15 is 0 Å². The van der Waals surface area contributed by atoms with Crippen LogP contribution in [0.2, 0.25) is 0 Å². The van der Waals surface area contributed by atoms with Crippen LogP contribution in [0.15, 0.2) is 24.3 Å². The second-order valence-electron chi connectivity index (χ2n) is 4.63. The van der Waals surface area contributed by atoms with Gasteiger partial charge >= 0.3 is 0 Å². The SMILES string of the molecule is CC.Cc1ccccc1C1(C)CCNCC1. The Morgan fingerprint density at radius 2 is 1.62 bits per heavy atom. The monoisotopic (exact) mass is 219 g/mol. The van der Waals surface area contributed by atoms with Crippen LogP contribution in [0.3, 0.4) is 0 Å². The third-order valence-electron chi connectivity index (χ3n) is 3.50. The summed E-state index contributed by atoms with van der Waals surface area (Å²) in [6.45, 7) is 10.9. The minimum Gasteiger partial charge on any atom is -0.317 e. The molecule has 1 fully saturated rings. The van der Waals surface area contributed by atoms with E-state index in [0.717, 1.165) is 13.1 Å². The molecule has 1 saturated heterocycles. The van der Waals surface area contributed by atoms with Crippen molar-refractivity contribution >= 4 is 0 Å². The fraction of sp³-hybridized carbons (Fsp3) is 0.600. The molecule has 1 aliphatic rings. The maximum atomic E-state index is 3.43. The van der Waals surface area contributed by atoms with Gasteiger partial charge in [0.2, 0.25) is 0 Å². The zero-order chi connectivity index (χ0) is 12.0. The molecule has 1 aromatic carbocycles. The fourth-order valence-corrected chi connectivity index (χ4v) is 2.50. The van der Waals surface area contributed by atoms with Crippen LogP contribution < -0.4 is 5.32 Å². The summed E-state index contributed by atoms with van der Waals surface area (Å²) in [5.74, 6) is 0. The molecule has 0 aliphatic carbocycles. The topological polar surface area (TPSA) is 12.0 Å². The van der Waals surface area contributed by atoms with Gasteiger partial charge in [0, 0.05) is 0 Å². The average molecular weight is 219 g/mol. The van der Waals surface area contributed by atoms with E-state index < -0.39 is 0 Å². The number of hydrogen-bond acceptors (Lipinski definition) is 1. The van der Waals surface area contributed by atoms with Crippen LogP contribution in [0.25, 0.3) is 0 Å². The van der Waals surface area contributed by atoms with Crippen molar-refractivity contribution in [3.63, 3.8) is 0 Å². The van der Waals surface area contributed by atoms with E-state index in [0.29, 0.717) is 5.41 Å². The van der Waals surface area contributed by atoms with E-state index in [1.165, 1.54) is 18.4 Å². The number of piperidine rings is 1. The molecule has 1 aliphatic heterocycles. The van der Waals surface area contributed by atoms with E-state index in [2.05, 4.69) is 43.4 Å². The third-order valence-corrected chi connectivity index (χ3v) is 3.50. The Hall–Kier alpha value is -0.820. The van der Waals surface area contributed by atoms with Gasteiger partial charge in [0.15, 0.2) is 0 Å². The number of benzene rings is 1. The first-order chi connectivity index (χ1) is 7.72. The first kappa shape index (κ1) is 13.2. The molecule has 16 heavy (non-hydrogen) atoms. The van der Waals surface area contributed by atoms with Crippen molar-refractivity contribution in [1.82, 2.24) is 5.32 Å². The molecule has 0 amide bonds. The molecule has 1 nitrogen and oxygen atoms in total. The molecular formula is C15H25N. The molecule has 0 atom stereocenters. The Labute approximate surface area is 100 Å². The lowest BCUT2D eigenvalue weighted by molar-refractivity contribution is 0.334. The first-order valence-corrected chi connectivity index (χ1v) is 6.49. The normalized spacial score (nSPS) is 18.5. The number of rotatable bonds is 1. The quantitative estimate of drug-likeness (QED) is 0.760. The van der Waals surface area contributed by atoms with Crippen LogP contribution >= 0.6 is 0 Å². The lowest BCUT2D eigenvalue weighted by Gasteiger charge is -2.35. The Bertz CT molecular complexity index is 311. The highest BCUT2D eigenvalue weighted by molar-refractivity contribution is 5.33. The molecule has 0 saturated carbocycles. The highest BCUT2D eigenvalue weighted by Gasteiger charge is 2.29. The lowest BCUT2D eigenvalue weighted by Crippen LogP contribution is -2.38. The van der Waals surface area contributed by atoms with Crippen molar-refractivity contribution in [3.05, 3.63) is 35.4 Å². The lowest BCUT2D eigenvalue weighted by atomic mass is 9.73. The highest BCUT2D eigenvalue weighted by atomic mass is 14.9. The van der Waals surface area contributed by atoms with Gasteiger partial charge in [-0.05, 0) is 49.4 Å². The maximum absolute atomic E-state index is 3.43. The largest absolute Gasteiger partial charge is 0.317 e. The smallest absolute Gasteiger partial charge is 0.00405 e. The fourth-order valence-electron chi connectivity index (χ4n) is 2.50. The van der Waals surface area contributed by atoms with Crippen LogP contribution in [-0.2, 0) is 5.41 Å². The number of aryl methyl sites for hydroxylation is 1. The van der Waals surface area contributed by atoms with E-state index in [9.17, 15) is 0 Å². The average Bonchev–Trinajstić information content (AvgIpc) is 2.33. The molecule has 1 aromatic rings. The summed E-state index contributed by atoms with van der Waals surface area (Å²) in [6.07, 6.45) is 2.52. The van der Waals surface area contributed by atoms with E-state index in [1.54, 1.807) is 5.56 Å². The van der Waals surface area contributed by atoms with Crippen molar-refractivity contribution in [2.75, 3.05) is 13.1 Å². The Kier molecular flexibility index (Phi) is 5.01. The van der Waals surface area contributed by atoms with E-state index in [-0.39, 0.29) is 0 Å². The Balaban J connectivity index is 0.000000606. The Morgan fingerprint density at radius 3 is 2.19 bits per heavy atom. The van der Waals surface area contributed by atoms with Gasteiger partial charge in [-0.25, -0.2) is 0 Å². The standard InChI is InChI=1S/C13H19N.C2H6/c1-11-5-3-4-6-12(11)13(2)7-9-14-10-8-13;1-2/h3-6,14H,7-10H2,1-2H3;1-2H3. The summed E-state index contributed by atoms with van der Waals surface area (Å²) in [5, 5.41) is 3.43. The van der Waals surface area contributed by atoms with Crippen LogP contribution in [-0.4, -0.2) is 13.1 Å². The molecule has 1 N–H and O–H groups in total. The predicted molar refractivity (Wildman–Crippen MR) is 72.0 cm³/mol. The van der Waals surface area contributed by atoms with Gasteiger partial charge in [0.05, 0.1) is 0 Å². The number of nitrogens with one attached hydrogen (secondary N) is 1. The van der Waals surface area contributed by atoms with Crippen molar-refractivity contribution in [1.29, 1.82) is 0 Å². The molecule has 2 rings (SSSR count). The summed E-state index contributed by atoms with van der Waals surface area (Å²) in [6, 6.07) is 8.81. The van der Waals surface area contributed by atoms with E-state index in [4.69, 9.17) is 0 Å².